The summed E-state index contributed by atoms with van der Waals surface area (Å²) >= 11 is 0. The Morgan fingerprint density at radius 2 is 1.03 bits per heavy atom. The molecule has 1 aliphatic carbocycles. The number of esters is 5. The molecule has 3 heterocycles. The third-order valence-corrected chi connectivity index (χ3v) is 10.9. The van der Waals surface area contributed by atoms with Crippen molar-refractivity contribution in [2.75, 3.05) is 6.61 Å². The average Bonchev–Trinajstić information content (AvgIpc) is 3.28. The molecule has 356 valence electrons. The van der Waals surface area contributed by atoms with Crippen LogP contribution in [-0.4, -0.2) is 156 Å². The normalized spacial score (nSPS) is 24.5. The second kappa shape index (κ2) is 15.9. The summed E-state index contributed by atoms with van der Waals surface area (Å²) in [4.78, 5) is 83.4. The van der Waals surface area contributed by atoms with E-state index >= 15 is 0 Å². The molecular weight excluding hydrogens is 924 g/mol. The molecule has 0 saturated carbocycles. The number of hydrogen-bond acceptors (Lipinski definition) is 27. The Morgan fingerprint density at radius 1 is 0.574 bits per heavy atom. The summed E-state index contributed by atoms with van der Waals surface area (Å²) in [5.74, 6) is -34.3. The lowest BCUT2D eigenvalue weighted by Gasteiger charge is -2.49. The minimum Gasteiger partial charge on any atom is -0.504 e. The molecule has 27 heteroatoms. The number of fused-ring (bicyclic) bond motifs is 3. The van der Waals surface area contributed by atoms with Gasteiger partial charge >= 0.3 is 35.6 Å². The third kappa shape index (κ3) is 7.18. The van der Waals surface area contributed by atoms with Crippen molar-refractivity contribution in [1.82, 2.24) is 0 Å². The van der Waals surface area contributed by atoms with Gasteiger partial charge in [0.15, 0.2) is 75.5 Å². The first-order valence-electron chi connectivity index (χ1n) is 19.0. The minimum absolute atomic E-state index is 0.242. The molecule has 4 aliphatic rings. The number of carbonyl (C=O) groups is 6. The molecule has 0 radical (unpaired) electrons. The van der Waals surface area contributed by atoms with Crippen LogP contribution in [0.25, 0.3) is 0 Å². The second-order valence-electron chi connectivity index (χ2n) is 15.1. The summed E-state index contributed by atoms with van der Waals surface area (Å²) < 4.78 is 38.6. The van der Waals surface area contributed by atoms with E-state index in [-0.39, 0.29) is 6.08 Å². The number of aliphatic hydroxyl groups is 3. The third-order valence-electron chi connectivity index (χ3n) is 10.9. The van der Waals surface area contributed by atoms with Crippen LogP contribution in [0.4, 0.5) is 0 Å². The standard InChI is InChI=1S/C41H30O27/c42-15-1-10(2-16(43)26(15)50)34(54)62-9-22-30-32(65-35(55)11-3-17(44)27(51)18(45)4-11)33(39(63-22)67-36(56)12-5-19(46)28(52)20(47)6-12)66-38(58)14-8-23(49)41(61)40(59,60)25(14)24-13(37(57)64-30)7-21(48)29(53)31(24)68-41/h1-8,22,25,30,32-33,39,42-48,50-53,59-61H,9H2/t22-,25-,30+,32+,33-,39+,41-/m1/s1. The van der Waals surface area contributed by atoms with Crippen molar-refractivity contribution in [3.8, 4) is 69.0 Å². The molecule has 27 nitrogen and oxygen atoms in total. The monoisotopic (exact) mass is 954 g/mol. The molecule has 7 atom stereocenters. The van der Waals surface area contributed by atoms with Crippen LogP contribution in [0.15, 0.2) is 54.1 Å². The molecule has 4 aromatic rings. The van der Waals surface area contributed by atoms with E-state index in [1.54, 1.807) is 0 Å². The minimum atomic E-state index is -3.99. The van der Waals surface area contributed by atoms with Crippen LogP contribution in [0.2, 0.25) is 0 Å². The first-order valence-corrected chi connectivity index (χ1v) is 19.0. The lowest BCUT2D eigenvalue weighted by Crippen LogP contribution is -2.70. The van der Waals surface area contributed by atoms with Crippen molar-refractivity contribution in [1.29, 1.82) is 0 Å². The van der Waals surface area contributed by atoms with Crippen molar-refractivity contribution >= 4 is 35.6 Å². The number of ether oxygens (including phenoxy) is 7. The van der Waals surface area contributed by atoms with Gasteiger partial charge in [-0.1, -0.05) is 0 Å². The van der Waals surface area contributed by atoms with E-state index in [1.165, 1.54) is 0 Å². The van der Waals surface area contributed by atoms with Crippen LogP contribution in [0.3, 0.4) is 0 Å². The van der Waals surface area contributed by atoms with Gasteiger partial charge in [0.05, 0.1) is 33.7 Å². The largest absolute Gasteiger partial charge is 0.504 e. The van der Waals surface area contributed by atoms with Gasteiger partial charge in [-0.2, -0.15) is 0 Å². The molecule has 14 N–H and O–H groups in total. The van der Waals surface area contributed by atoms with Gasteiger partial charge in [-0.05, 0) is 48.5 Å². The summed E-state index contributed by atoms with van der Waals surface area (Å²) in [6, 6.07) is 3.82. The zero-order chi connectivity index (χ0) is 49.6. The first kappa shape index (κ1) is 45.6. The zero-order valence-electron chi connectivity index (χ0n) is 33.4. The van der Waals surface area contributed by atoms with Gasteiger partial charge in [0.25, 0.3) is 5.79 Å². The highest BCUT2D eigenvalue weighted by molar-refractivity contribution is 6.08. The Hall–Kier alpha value is -8.92. The van der Waals surface area contributed by atoms with E-state index < -0.39 is 193 Å². The number of phenols is 11. The predicted molar refractivity (Wildman–Crippen MR) is 205 cm³/mol. The smallest absolute Gasteiger partial charge is 0.340 e. The van der Waals surface area contributed by atoms with Gasteiger partial charge in [0.1, 0.15) is 12.7 Å². The molecule has 8 rings (SSSR count). The summed E-state index contributed by atoms with van der Waals surface area (Å²) in [6.07, 6.45) is -12.1. The Balaban J connectivity index is 1.32. The maximum absolute atomic E-state index is 14.5. The zero-order valence-corrected chi connectivity index (χ0v) is 33.4. The molecule has 4 aromatic carbocycles. The number of aromatic hydroxyl groups is 11. The van der Waals surface area contributed by atoms with Crippen molar-refractivity contribution in [2.24, 2.45) is 0 Å². The Labute approximate surface area is 374 Å². The molecule has 3 aliphatic heterocycles. The van der Waals surface area contributed by atoms with Gasteiger partial charge in [-0.15, -0.1) is 0 Å². The quantitative estimate of drug-likeness (QED) is 0.0453. The van der Waals surface area contributed by atoms with E-state index in [0.29, 0.717) is 42.5 Å². The number of ketones is 1. The fraction of sp³-hybridized carbons (Fsp3) is 0.220. The summed E-state index contributed by atoms with van der Waals surface area (Å²) in [5, 5.41) is 146. The number of hydrogen-bond donors (Lipinski definition) is 14. The molecule has 0 spiro atoms. The van der Waals surface area contributed by atoms with Crippen molar-refractivity contribution < 1.29 is 133 Å². The molecular formula is C41H30O27. The fourth-order valence-electron chi connectivity index (χ4n) is 7.59. The maximum Gasteiger partial charge on any atom is 0.340 e. The fourth-order valence-corrected chi connectivity index (χ4v) is 7.59. The van der Waals surface area contributed by atoms with Crippen LogP contribution >= 0.6 is 0 Å². The highest BCUT2D eigenvalue weighted by atomic mass is 16.8. The molecule has 1 fully saturated rings. The SMILES string of the molecule is O=C1O[C@H]2[C@H](OC(=O)c3cc(O)c(O)c(O)c3)O[C@H](COC(=O)c3cc(O)c(O)c(O)c3)[C@H](OC(=O)c3cc(O)c(O)c4c3[C@H]3C1=CC(=O)[C@@](O)(O4)C3(O)O)[C@@H]2OC(=O)c1cc(O)c(O)c(O)c1. The van der Waals surface area contributed by atoms with E-state index in [4.69, 9.17) is 33.2 Å². The van der Waals surface area contributed by atoms with Gasteiger partial charge in [0.2, 0.25) is 23.9 Å². The van der Waals surface area contributed by atoms with Crippen molar-refractivity contribution in [3.05, 3.63) is 81.9 Å². The van der Waals surface area contributed by atoms with E-state index in [1.807, 2.05) is 0 Å². The average molecular weight is 955 g/mol. The number of rotatable bonds is 7. The van der Waals surface area contributed by atoms with Gasteiger partial charge in [-0.3, -0.25) is 4.79 Å². The summed E-state index contributed by atoms with van der Waals surface area (Å²) in [7, 11) is 0. The Bertz CT molecular complexity index is 2870. The number of carbonyl (C=O) groups excluding carboxylic acids is 6. The lowest BCUT2D eigenvalue weighted by atomic mass is 9.70. The molecule has 1 saturated heterocycles. The molecule has 68 heavy (non-hydrogen) atoms. The predicted octanol–water partition coefficient (Wildman–Crippen LogP) is -1.08. The van der Waals surface area contributed by atoms with Crippen molar-refractivity contribution in [3.63, 3.8) is 0 Å². The molecule has 0 unspecified atom stereocenters. The van der Waals surface area contributed by atoms with Crippen LogP contribution in [-0.2, 0) is 38.0 Å². The highest BCUT2D eigenvalue weighted by Gasteiger charge is 2.70. The maximum atomic E-state index is 14.5. The van der Waals surface area contributed by atoms with Crippen LogP contribution in [0.1, 0.15) is 52.9 Å². The van der Waals surface area contributed by atoms with Crippen LogP contribution in [0, 0.1) is 0 Å². The van der Waals surface area contributed by atoms with E-state index in [9.17, 15) is 100 Å². The van der Waals surface area contributed by atoms with Gasteiger partial charge in [-0.25, -0.2) is 24.0 Å². The molecule has 0 aromatic heterocycles. The Kier molecular flexibility index (Phi) is 10.7. The molecule has 0 amide bonds. The number of phenolic OH excluding ortho intramolecular Hbond substituents is 11. The van der Waals surface area contributed by atoms with Gasteiger partial charge in [0, 0.05) is 5.56 Å². The Morgan fingerprint density at radius 3 is 1.54 bits per heavy atom. The first-order chi connectivity index (χ1) is 31.8. The van der Waals surface area contributed by atoms with E-state index in [0.717, 1.165) is 0 Å². The van der Waals surface area contributed by atoms with E-state index in [2.05, 4.69) is 0 Å². The summed E-state index contributed by atoms with van der Waals surface area (Å²) in [5.41, 5.74) is -5.55. The molecule has 4 bridgehead atoms. The highest BCUT2D eigenvalue weighted by Crippen LogP contribution is 2.58. The van der Waals surface area contributed by atoms with Crippen LogP contribution < -0.4 is 4.74 Å². The lowest BCUT2D eigenvalue weighted by molar-refractivity contribution is -0.339. The van der Waals surface area contributed by atoms with Crippen molar-refractivity contribution in [2.45, 2.75) is 48.2 Å². The summed E-state index contributed by atoms with van der Waals surface area (Å²) in [6.45, 7) is -1.27. The second-order valence-corrected chi connectivity index (χ2v) is 15.1. The topological polar surface area (TPSA) is 450 Å². The van der Waals surface area contributed by atoms with Gasteiger partial charge < -0.3 is 105 Å². The number of benzene rings is 4. The van der Waals surface area contributed by atoms with Crippen LogP contribution in [0.5, 0.6) is 69.0 Å².